The van der Waals surface area contributed by atoms with Crippen molar-refractivity contribution in [2.24, 2.45) is 0 Å². The quantitative estimate of drug-likeness (QED) is 0.879. The average molecular weight is 276 g/mol. The molecule has 20 heavy (non-hydrogen) atoms. The molecular formula is C16H20O4. The van der Waals surface area contributed by atoms with E-state index >= 15 is 0 Å². The van der Waals surface area contributed by atoms with Crippen LogP contribution in [0.5, 0.6) is 0 Å². The molecule has 1 aromatic carbocycles. The summed E-state index contributed by atoms with van der Waals surface area (Å²) in [6, 6.07) is 3.28. The monoisotopic (exact) mass is 276 g/mol. The maximum Gasteiger partial charge on any atom is 0.336 e. The third kappa shape index (κ3) is 2.69. The van der Waals surface area contributed by atoms with Gasteiger partial charge in [-0.2, -0.15) is 0 Å². The summed E-state index contributed by atoms with van der Waals surface area (Å²) in [5, 5.41) is 18.6. The Bertz CT molecular complexity index is 528. The number of carboxylic acid groups (broad SMARTS) is 2. The van der Waals surface area contributed by atoms with Gasteiger partial charge >= 0.3 is 11.9 Å². The summed E-state index contributed by atoms with van der Waals surface area (Å²) in [7, 11) is 0. The van der Waals surface area contributed by atoms with Crippen molar-refractivity contribution < 1.29 is 19.8 Å². The predicted octanol–water partition coefficient (Wildman–Crippen LogP) is 3.69. The Kier molecular flexibility index (Phi) is 4.42. The fraction of sp³-hybridized carbons (Fsp3) is 0.500. The molecule has 1 aromatic rings. The second-order valence-electron chi connectivity index (χ2n) is 5.35. The summed E-state index contributed by atoms with van der Waals surface area (Å²) in [5.41, 5.74) is 1.61. The molecule has 0 aliphatic heterocycles. The lowest BCUT2D eigenvalue weighted by Gasteiger charge is -2.25. The maximum absolute atomic E-state index is 11.5. The Labute approximate surface area is 118 Å². The van der Waals surface area contributed by atoms with Gasteiger partial charge in [-0.1, -0.05) is 32.3 Å². The van der Waals surface area contributed by atoms with Crippen LogP contribution in [0.3, 0.4) is 0 Å². The van der Waals surface area contributed by atoms with Crippen LogP contribution in [0, 0.1) is 0 Å². The lowest BCUT2D eigenvalue weighted by atomic mass is 9.79. The van der Waals surface area contributed by atoms with E-state index in [0.29, 0.717) is 17.9 Å². The van der Waals surface area contributed by atoms with Gasteiger partial charge in [-0.3, -0.25) is 0 Å². The first-order chi connectivity index (χ1) is 9.56. The molecule has 0 bridgehead atoms. The van der Waals surface area contributed by atoms with Crippen LogP contribution in [-0.4, -0.2) is 22.2 Å². The summed E-state index contributed by atoms with van der Waals surface area (Å²) in [6.45, 7) is 1.89. The summed E-state index contributed by atoms with van der Waals surface area (Å²) in [6.07, 6.45) is 6.25. The predicted molar refractivity (Wildman–Crippen MR) is 75.6 cm³/mol. The van der Waals surface area contributed by atoms with Crippen molar-refractivity contribution in [1.29, 1.82) is 0 Å². The number of carbonyl (C=O) groups is 2. The SMILES string of the molecule is CCc1c(C2CCCCC2)ccc(C(=O)O)c1C(=O)O. The van der Waals surface area contributed by atoms with Gasteiger partial charge in [0.15, 0.2) is 0 Å². The zero-order valence-corrected chi connectivity index (χ0v) is 11.7. The second-order valence-corrected chi connectivity index (χ2v) is 5.35. The van der Waals surface area contributed by atoms with Crippen molar-refractivity contribution in [3.8, 4) is 0 Å². The molecule has 4 nitrogen and oxygen atoms in total. The number of benzene rings is 1. The van der Waals surface area contributed by atoms with Crippen LogP contribution in [0.1, 0.15) is 76.8 Å². The normalized spacial score (nSPS) is 16.1. The zero-order chi connectivity index (χ0) is 14.7. The molecule has 0 radical (unpaired) electrons. The van der Waals surface area contributed by atoms with Crippen LogP contribution in [0.2, 0.25) is 0 Å². The first-order valence-electron chi connectivity index (χ1n) is 7.18. The number of rotatable bonds is 4. The Morgan fingerprint density at radius 3 is 2.25 bits per heavy atom. The van der Waals surface area contributed by atoms with Crippen molar-refractivity contribution >= 4 is 11.9 Å². The van der Waals surface area contributed by atoms with Gasteiger partial charge in [0.2, 0.25) is 0 Å². The summed E-state index contributed by atoms with van der Waals surface area (Å²) in [5.74, 6) is -1.94. The molecule has 0 amide bonds. The highest BCUT2D eigenvalue weighted by Gasteiger charge is 2.25. The molecule has 4 heteroatoms. The van der Waals surface area contributed by atoms with E-state index < -0.39 is 11.9 Å². The van der Waals surface area contributed by atoms with Crippen LogP contribution >= 0.6 is 0 Å². The number of hydrogen-bond acceptors (Lipinski definition) is 2. The molecule has 1 saturated carbocycles. The molecule has 0 aromatic heterocycles. The van der Waals surface area contributed by atoms with Crippen LogP contribution in [0.25, 0.3) is 0 Å². The van der Waals surface area contributed by atoms with Gasteiger partial charge < -0.3 is 10.2 Å². The summed E-state index contributed by atoms with van der Waals surface area (Å²) >= 11 is 0. The van der Waals surface area contributed by atoms with Crippen molar-refractivity contribution in [3.63, 3.8) is 0 Å². The third-order valence-corrected chi connectivity index (χ3v) is 4.19. The Morgan fingerprint density at radius 2 is 1.75 bits per heavy atom. The van der Waals surface area contributed by atoms with E-state index in [1.165, 1.54) is 12.5 Å². The number of hydrogen-bond donors (Lipinski definition) is 2. The van der Waals surface area contributed by atoms with Crippen LogP contribution in [-0.2, 0) is 6.42 Å². The maximum atomic E-state index is 11.5. The fourth-order valence-corrected chi connectivity index (χ4v) is 3.26. The minimum atomic E-state index is -1.17. The molecule has 1 fully saturated rings. The molecule has 0 heterocycles. The van der Waals surface area contributed by atoms with Crippen LogP contribution in [0.4, 0.5) is 0 Å². The molecular weight excluding hydrogens is 256 g/mol. The van der Waals surface area contributed by atoms with Crippen molar-refractivity contribution in [3.05, 3.63) is 34.4 Å². The molecule has 0 spiro atoms. The molecule has 0 saturated heterocycles. The molecule has 108 valence electrons. The van der Waals surface area contributed by atoms with E-state index in [0.717, 1.165) is 31.2 Å². The van der Waals surface area contributed by atoms with E-state index in [4.69, 9.17) is 0 Å². The van der Waals surface area contributed by atoms with Crippen molar-refractivity contribution in [1.82, 2.24) is 0 Å². The van der Waals surface area contributed by atoms with Gasteiger partial charge in [0.1, 0.15) is 0 Å². The smallest absolute Gasteiger partial charge is 0.336 e. The minimum Gasteiger partial charge on any atom is -0.478 e. The van der Waals surface area contributed by atoms with Crippen LogP contribution < -0.4 is 0 Å². The largest absolute Gasteiger partial charge is 0.478 e. The van der Waals surface area contributed by atoms with E-state index in [1.807, 2.05) is 13.0 Å². The Hall–Kier alpha value is -1.84. The van der Waals surface area contributed by atoms with E-state index in [-0.39, 0.29) is 11.1 Å². The molecule has 1 aliphatic rings. The van der Waals surface area contributed by atoms with Gasteiger partial charge in [0, 0.05) is 0 Å². The van der Waals surface area contributed by atoms with E-state index in [9.17, 15) is 19.8 Å². The van der Waals surface area contributed by atoms with Gasteiger partial charge in [-0.05, 0) is 42.4 Å². The Balaban J connectivity index is 2.55. The van der Waals surface area contributed by atoms with E-state index in [2.05, 4.69) is 0 Å². The third-order valence-electron chi connectivity index (χ3n) is 4.19. The fourth-order valence-electron chi connectivity index (χ4n) is 3.26. The minimum absolute atomic E-state index is 0.0249. The number of carboxylic acids is 2. The molecule has 2 rings (SSSR count). The van der Waals surface area contributed by atoms with Crippen LogP contribution in [0.15, 0.2) is 12.1 Å². The topological polar surface area (TPSA) is 74.6 Å². The molecule has 0 unspecified atom stereocenters. The van der Waals surface area contributed by atoms with Gasteiger partial charge in [-0.15, -0.1) is 0 Å². The average Bonchev–Trinajstić information content (AvgIpc) is 2.46. The highest BCUT2D eigenvalue weighted by molar-refractivity contribution is 6.03. The number of aromatic carboxylic acids is 2. The standard InChI is InChI=1S/C16H20O4/c1-2-11-12(10-6-4-3-5-7-10)8-9-13(15(17)18)14(11)16(19)20/h8-10H,2-7H2,1H3,(H,17,18)(H,19,20). The summed E-state index contributed by atoms with van der Waals surface area (Å²) in [4.78, 5) is 22.7. The highest BCUT2D eigenvalue weighted by Crippen LogP contribution is 2.36. The first kappa shape index (κ1) is 14.6. The second kappa shape index (κ2) is 6.07. The lowest BCUT2D eigenvalue weighted by molar-refractivity contribution is 0.0650. The van der Waals surface area contributed by atoms with Gasteiger partial charge in [-0.25, -0.2) is 9.59 Å². The van der Waals surface area contributed by atoms with Crippen molar-refractivity contribution in [2.45, 2.75) is 51.4 Å². The lowest BCUT2D eigenvalue weighted by Crippen LogP contribution is -2.16. The molecule has 2 N–H and O–H groups in total. The van der Waals surface area contributed by atoms with Gasteiger partial charge in [0.05, 0.1) is 11.1 Å². The van der Waals surface area contributed by atoms with E-state index in [1.54, 1.807) is 0 Å². The summed E-state index contributed by atoms with van der Waals surface area (Å²) < 4.78 is 0. The first-order valence-corrected chi connectivity index (χ1v) is 7.18. The highest BCUT2D eigenvalue weighted by atomic mass is 16.4. The Morgan fingerprint density at radius 1 is 1.10 bits per heavy atom. The molecule has 1 aliphatic carbocycles. The van der Waals surface area contributed by atoms with Gasteiger partial charge in [0.25, 0.3) is 0 Å². The zero-order valence-electron chi connectivity index (χ0n) is 11.7. The molecule has 0 atom stereocenters. The van der Waals surface area contributed by atoms with Crippen molar-refractivity contribution in [2.75, 3.05) is 0 Å².